The highest BCUT2D eigenvalue weighted by atomic mass is 28.4. The molecule has 0 aliphatic heterocycles. The topological polar surface area (TPSA) is 21.3 Å². The van der Waals surface area contributed by atoms with E-state index >= 15 is 0 Å². The third-order valence-corrected chi connectivity index (χ3v) is 5.24. The Balaban J connectivity index is 2.27. The second kappa shape index (κ2) is 5.94. The molecule has 21 heavy (non-hydrogen) atoms. The summed E-state index contributed by atoms with van der Waals surface area (Å²) in [4.78, 5) is 3.67. The molecule has 0 atom stereocenters. The van der Waals surface area contributed by atoms with Crippen molar-refractivity contribution in [3.8, 4) is 5.75 Å². The lowest BCUT2D eigenvalue weighted by Gasteiger charge is -2.29. The summed E-state index contributed by atoms with van der Waals surface area (Å²) >= 11 is 0. The summed E-state index contributed by atoms with van der Waals surface area (Å²) in [6.07, 6.45) is 0. The molecule has 0 aromatic heterocycles. The SMILES string of the molecule is Cc1cccc(C)c1N[Si](C)(C)Oc1c(C)cccc1C. The quantitative estimate of drug-likeness (QED) is 0.792. The lowest BCUT2D eigenvalue weighted by atomic mass is 10.1. The molecule has 112 valence electrons. The number of aryl methyl sites for hydroxylation is 4. The van der Waals surface area contributed by atoms with E-state index in [9.17, 15) is 0 Å². The van der Waals surface area contributed by atoms with Crippen LogP contribution in [0.4, 0.5) is 5.69 Å². The van der Waals surface area contributed by atoms with Crippen LogP contribution in [0.1, 0.15) is 22.3 Å². The molecule has 2 nitrogen and oxygen atoms in total. The van der Waals surface area contributed by atoms with Gasteiger partial charge in [-0.05, 0) is 63.0 Å². The molecule has 1 N–H and O–H groups in total. The van der Waals surface area contributed by atoms with Crippen molar-refractivity contribution in [1.82, 2.24) is 0 Å². The van der Waals surface area contributed by atoms with Crippen molar-refractivity contribution in [3.63, 3.8) is 0 Å². The highest BCUT2D eigenvalue weighted by Crippen LogP contribution is 2.28. The van der Waals surface area contributed by atoms with Crippen molar-refractivity contribution in [2.45, 2.75) is 40.8 Å². The average Bonchev–Trinajstić information content (AvgIpc) is 2.39. The summed E-state index contributed by atoms with van der Waals surface area (Å²) in [6.45, 7) is 12.9. The number of benzene rings is 2. The first-order valence-corrected chi connectivity index (χ1v) is 10.3. The van der Waals surface area contributed by atoms with E-state index in [4.69, 9.17) is 4.43 Å². The van der Waals surface area contributed by atoms with Crippen LogP contribution in [0, 0.1) is 27.7 Å². The van der Waals surface area contributed by atoms with E-state index in [-0.39, 0.29) is 0 Å². The van der Waals surface area contributed by atoms with Crippen LogP contribution in [0.3, 0.4) is 0 Å². The summed E-state index contributed by atoms with van der Waals surface area (Å²) in [5, 5.41) is 0. The number of para-hydroxylation sites is 2. The lowest BCUT2D eigenvalue weighted by Crippen LogP contribution is -2.44. The molecular weight excluding hydrogens is 274 g/mol. The predicted molar refractivity (Wildman–Crippen MR) is 93.6 cm³/mol. The van der Waals surface area contributed by atoms with E-state index < -0.39 is 8.48 Å². The minimum Gasteiger partial charge on any atom is -0.525 e. The van der Waals surface area contributed by atoms with Crippen molar-refractivity contribution in [1.29, 1.82) is 0 Å². The van der Waals surface area contributed by atoms with Gasteiger partial charge < -0.3 is 9.41 Å². The van der Waals surface area contributed by atoms with Gasteiger partial charge in [-0.25, -0.2) is 0 Å². The molecule has 0 heterocycles. The van der Waals surface area contributed by atoms with Crippen LogP contribution in [0.25, 0.3) is 0 Å². The van der Waals surface area contributed by atoms with E-state index in [1.807, 2.05) is 0 Å². The van der Waals surface area contributed by atoms with Gasteiger partial charge in [0.1, 0.15) is 5.75 Å². The van der Waals surface area contributed by atoms with Crippen LogP contribution in [0.2, 0.25) is 13.1 Å². The van der Waals surface area contributed by atoms with Crippen LogP contribution in [-0.4, -0.2) is 8.48 Å². The van der Waals surface area contributed by atoms with Gasteiger partial charge in [-0.3, -0.25) is 0 Å². The Bertz CT molecular complexity index is 554. The van der Waals surface area contributed by atoms with Gasteiger partial charge in [0.2, 0.25) is 0 Å². The fourth-order valence-electron chi connectivity index (χ4n) is 2.55. The molecule has 0 radical (unpaired) electrons. The van der Waals surface area contributed by atoms with Crippen molar-refractivity contribution in [2.75, 3.05) is 4.98 Å². The molecule has 0 bridgehead atoms. The monoisotopic (exact) mass is 299 g/mol. The van der Waals surface area contributed by atoms with E-state index in [1.54, 1.807) is 0 Å². The van der Waals surface area contributed by atoms with Gasteiger partial charge in [0, 0.05) is 5.69 Å². The number of nitrogens with one attached hydrogen (secondary N) is 1. The van der Waals surface area contributed by atoms with Crippen molar-refractivity contribution in [3.05, 3.63) is 58.7 Å². The fourth-order valence-corrected chi connectivity index (χ4v) is 4.43. The van der Waals surface area contributed by atoms with Gasteiger partial charge in [-0.1, -0.05) is 36.4 Å². The third-order valence-electron chi connectivity index (χ3n) is 3.67. The van der Waals surface area contributed by atoms with Gasteiger partial charge in [-0.2, -0.15) is 0 Å². The molecule has 2 aromatic carbocycles. The van der Waals surface area contributed by atoms with Gasteiger partial charge >= 0.3 is 8.48 Å². The van der Waals surface area contributed by atoms with E-state index in [0.717, 1.165) is 5.75 Å². The molecule has 0 amide bonds. The van der Waals surface area contributed by atoms with Gasteiger partial charge in [0.05, 0.1) is 0 Å². The van der Waals surface area contributed by atoms with Gasteiger partial charge in [0.15, 0.2) is 0 Å². The zero-order valence-electron chi connectivity index (χ0n) is 13.9. The maximum absolute atomic E-state index is 6.41. The zero-order valence-corrected chi connectivity index (χ0v) is 14.9. The largest absolute Gasteiger partial charge is 0.525 e. The molecule has 3 heteroatoms. The first kappa shape index (κ1) is 15.6. The summed E-state index contributed by atoms with van der Waals surface area (Å²) < 4.78 is 6.41. The Labute approximate surface area is 129 Å². The van der Waals surface area contributed by atoms with Crippen LogP contribution < -0.4 is 9.41 Å². The van der Waals surface area contributed by atoms with E-state index in [0.29, 0.717) is 0 Å². The van der Waals surface area contributed by atoms with Crippen LogP contribution in [0.15, 0.2) is 36.4 Å². The van der Waals surface area contributed by atoms with Crippen molar-refractivity contribution < 1.29 is 4.43 Å². The van der Waals surface area contributed by atoms with Crippen molar-refractivity contribution in [2.24, 2.45) is 0 Å². The molecular formula is C18H25NOSi. The predicted octanol–water partition coefficient (Wildman–Crippen LogP) is 5.11. The molecule has 0 fully saturated rings. The minimum absolute atomic E-state index is 1.02. The Hall–Kier alpha value is -1.74. The number of rotatable bonds is 4. The summed E-state index contributed by atoms with van der Waals surface area (Å²) in [5.74, 6) is 1.02. The van der Waals surface area contributed by atoms with Gasteiger partial charge in [0.25, 0.3) is 0 Å². The number of hydrogen-bond acceptors (Lipinski definition) is 2. The number of hydrogen-bond donors (Lipinski definition) is 1. The Morgan fingerprint density at radius 1 is 0.762 bits per heavy atom. The number of anilines is 1. The highest BCUT2D eigenvalue weighted by molar-refractivity contribution is 6.75. The maximum atomic E-state index is 6.41. The minimum atomic E-state index is -2.06. The van der Waals surface area contributed by atoms with E-state index in [2.05, 4.69) is 82.2 Å². The summed E-state index contributed by atoms with van der Waals surface area (Å²) in [5.41, 5.74) is 6.12. The van der Waals surface area contributed by atoms with Crippen molar-refractivity contribution >= 4 is 14.2 Å². The molecule has 0 aliphatic carbocycles. The molecule has 0 saturated heterocycles. The molecule has 0 saturated carbocycles. The molecule has 2 rings (SSSR count). The average molecular weight is 299 g/mol. The van der Waals surface area contributed by atoms with E-state index in [1.165, 1.54) is 27.9 Å². The highest BCUT2D eigenvalue weighted by Gasteiger charge is 2.27. The maximum Gasteiger partial charge on any atom is 0.351 e. The molecule has 0 aliphatic rings. The Kier molecular flexibility index (Phi) is 4.42. The first-order chi connectivity index (χ1) is 9.80. The van der Waals surface area contributed by atoms with Gasteiger partial charge in [-0.15, -0.1) is 0 Å². The van der Waals surface area contributed by atoms with Crippen LogP contribution in [-0.2, 0) is 0 Å². The molecule has 0 unspecified atom stereocenters. The normalized spacial score (nSPS) is 11.3. The lowest BCUT2D eigenvalue weighted by molar-refractivity contribution is 0.548. The summed E-state index contributed by atoms with van der Waals surface area (Å²) in [6, 6.07) is 12.6. The standard InChI is InChI=1S/C18H25NOSi/c1-13-9-7-10-14(2)17(13)19-21(5,6)20-18-15(3)11-8-12-16(18)4/h7-12,19H,1-6H3. The second-order valence-electron chi connectivity index (χ2n) is 6.23. The summed E-state index contributed by atoms with van der Waals surface area (Å²) in [7, 11) is -2.06. The Morgan fingerprint density at radius 3 is 1.67 bits per heavy atom. The van der Waals surface area contributed by atoms with Crippen LogP contribution in [0.5, 0.6) is 5.75 Å². The molecule has 0 spiro atoms. The Morgan fingerprint density at radius 2 is 1.19 bits per heavy atom. The smallest absolute Gasteiger partial charge is 0.351 e. The zero-order chi connectivity index (χ0) is 15.6. The van der Waals surface area contributed by atoms with Crippen LogP contribution >= 0.6 is 0 Å². The second-order valence-corrected chi connectivity index (χ2v) is 9.70. The fraction of sp³-hybridized carbons (Fsp3) is 0.333. The third kappa shape index (κ3) is 3.67. The first-order valence-electron chi connectivity index (χ1n) is 7.40. The molecule has 2 aromatic rings.